The Bertz CT molecular complexity index is 671. The number of aromatic nitrogens is 1. The minimum absolute atomic E-state index is 0.0668. The maximum absolute atomic E-state index is 12.0. The summed E-state index contributed by atoms with van der Waals surface area (Å²) in [7, 11) is 0. The van der Waals surface area contributed by atoms with Gasteiger partial charge in [0.25, 0.3) is 0 Å². The monoisotopic (exact) mass is 245 g/mol. The van der Waals surface area contributed by atoms with E-state index >= 15 is 0 Å². The predicted octanol–water partition coefficient (Wildman–Crippen LogP) is 2.35. The fraction of sp³-hybridized carbons (Fsp3) is 0.286. The Labute approximate surface area is 104 Å². The van der Waals surface area contributed by atoms with E-state index in [4.69, 9.17) is 5.11 Å². The number of pyridine rings is 1. The summed E-state index contributed by atoms with van der Waals surface area (Å²) in [6, 6.07) is 5.01. The van der Waals surface area contributed by atoms with Gasteiger partial charge in [0.05, 0.1) is 5.52 Å². The lowest BCUT2D eigenvalue weighted by atomic mass is 10.0. The minimum Gasteiger partial charge on any atom is -0.477 e. The van der Waals surface area contributed by atoms with Crippen LogP contribution in [0.15, 0.2) is 23.0 Å². The molecule has 1 aromatic heterocycles. The Morgan fingerprint density at radius 3 is 2.50 bits per heavy atom. The smallest absolute Gasteiger partial charge is 0.352 e. The number of aromatic carboxylic acids is 1. The minimum atomic E-state index is -1.12. The van der Waals surface area contributed by atoms with Crippen molar-refractivity contribution in [3.8, 4) is 0 Å². The third kappa shape index (κ3) is 2.01. The van der Waals surface area contributed by atoms with Crippen LogP contribution >= 0.6 is 0 Å². The second kappa shape index (κ2) is 4.64. The SMILES string of the molecule is CCc1cc(CC)c2c(=O)cc(C(=O)O)[nH]c2c1. The average Bonchev–Trinajstić information content (AvgIpc) is 2.36. The average molecular weight is 245 g/mol. The van der Waals surface area contributed by atoms with Gasteiger partial charge in [-0.15, -0.1) is 0 Å². The highest BCUT2D eigenvalue weighted by atomic mass is 16.4. The van der Waals surface area contributed by atoms with Gasteiger partial charge < -0.3 is 10.1 Å². The summed E-state index contributed by atoms with van der Waals surface area (Å²) in [4.78, 5) is 25.8. The van der Waals surface area contributed by atoms with Crippen molar-refractivity contribution < 1.29 is 9.90 Å². The molecule has 4 nitrogen and oxygen atoms in total. The third-order valence-electron chi connectivity index (χ3n) is 3.09. The zero-order valence-corrected chi connectivity index (χ0v) is 10.4. The molecule has 2 N–H and O–H groups in total. The van der Waals surface area contributed by atoms with E-state index in [1.165, 1.54) is 0 Å². The largest absolute Gasteiger partial charge is 0.477 e. The number of hydrogen-bond donors (Lipinski definition) is 2. The fourth-order valence-electron chi connectivity index (χ4n) is 2.14. The molecule has 0 spiro atoms. The van der Waals surface area contributed by atoms with Crippen molar-refractivity contribution in [1.82, 2.24) is 4.98 Å². The van der Waals surface area contributed by atoms with Crippen LogP contribution in [-0.4, -0.2) is 16.1 Å². The summed E-state index contributed by atoms with van der Waals surface area (Å²) in [5, 5.41) is 9.55. The lowest BCUT2D eigenvalue weighted by Gasteiger charge is -2.08. The molecule has 0 radical (unpaired) electrons. The molecule has 2 rings (SSSR count). The number of carbonyl (C=O) groups is 1. The first-order chi connectivity index (χ1) is 8.56. The van der Waals surface area contributed by atoms with E-state index in [-0.39, 0.29) is 11.1 Å². The standard InChI is InChI=1S/C14H15NO3/c1-3-8-5-9(4-2)13-10(6-8)15-11(14(17)18)7-12(13)16/h5-7H,3-4H2,1-2H3,(H,15,16)(H,17,18). The molecule has 0 saturated carbocycles. The lowest BCUT2D eigenvalue weighted by Crippen LogP contribution is -2.11. The second-order valence-corrected chi connectivity index (χ2v) is 4.24. The normalized spacial score (nSPS) is 10.8. The Balaban J connectivity index is 2.86. The van der Waals surface area contributed by atoms with E-state index in [1.54, 1.807) is 0 Å². The predicted molar refractivity (Wildman–Crippen MR) is 70.3 cm³/mol. The molecule has 0 saturated heterocycles. The van der Waals surface area contributed by atoms with Crippen molar-refractivity contribution in [2.75, 3.05) is 0 Å². The summed E-state index contributed by atoms with van der Waals surface area (Å²) >= 11 is 0. The van der Waals surface area contributed by atoms with Crippen LogP contribution in [0, 0.1) is 0 Å². The van der Waals surface area contributed by atoms with Crippen LogP contribution in [0.5, 0.6) is 0 Å². The molecule has 0 aliphatic heterocycles. The van der Waals surface area contributed by atoms with Gasteiger partial charge >= 0.3 is 5.97 Å². The number of hydrogen-bond acceptors (Lipinski definition) is 2. The Kier molecular flexibility index (Phi) is 3.19. The molecule has 0 unspecified atom stereocenters. The Morgan fingerprint density at radius 2 is 1.94 bits per heavy atom. The summed E-state index contributed by atoms with van der Waals surface area (Å²) < 4.78 is 0. The van der Waals surface area contributed by atoms with Crippen LogP contribution in [0.25, 0.3) is 10.9 Å². The summed E-state index contributed by atoms with van der Waals surface area (Å²) in [5.41, 5.74) is 2.36. The molecule has 0 aliphatic rings. The highest BCUT2D eigenvalue weighted by Gasteiger charge is 2.11. The van der Waals surface area contributed by atoms with Gasteiger partial charge in [-0.3, -0.25) is 4.79 Å². The number of aromatic amines is 1. The van der Waals surface area contributed by atoms with Gasteiger partial charge in [-0.1, -0.05) is 19.9 Å². The molecular weight excluding hydrogens is 230 g/mol. The zero-order valence-electron chi connectivity index (χ0n) is 10.4. The molecule has 0 aliphatic carbocycles. The molecule has 0 amide bonds. The molecule has 4 heteroatoms. The van der Waals surface area contributed by atoms with Crippen molar-refractivity contribution in [3.63, 3.8) is 0 Å². The van der Waals surface area contributed by atoms with Gasteiger partial charge in [-0.25, -0.2) is 4.79 Å². The van der Waals surface area contributed by atoms with Crippen molar-refractivity contribution in [2.45, 2.75) is 26.7 Å². The maximum atomic E-state index is 12.0. The number of nitrogens with one attached hydrogen (secondary N) is 1. The van der Waals surface area contributed by atoms with Gasteiger partial charge in [0.1, 0.15) is 5.69 Å². The van der Waals surface area contributed by atoms with Gasteiger partial charge in [0, 0.05) is 11.5 Å². The molecular formula is C14H15NO3. The van der Waals surface area contributed by atoms with Crippen LogP contribution in [0.1, 0.15) is 35.5 Å². The summed E-state index contributed by atoms with van der Waals surface area (Å²) in [5.74, 6) is -1.12. The molecule has 1 heterocycles. The highest BCUT2D eigenvalue weighted by molar-refractivity contribution is 5.91. The third-order valence-corrected chi connectivity index (χ3v) is 3.09. The second-order valence-electron chi connectivity index (χ2n) is 4.24. The summed E-state index contributed by atoms with van der Waals surface area (Å²) in [6.07, 6.45) is 1.60. The van der Waals surface area contributed by atoms with Crippen molar-refractivity contribution in [3.05, 3.63) is 45.2 Å². The topological polar surface area (TPSA) is 70.2 Å². The molecule has 94 valence electrons. The Hall–Kier alpha value is -2.10. The lowest BCUT2D eigenvalue weighted by molar-refractivity contribution is 0.0691. The van der Waals surface area contributed by atoms with E-state index in [1.807, 2.05) is 26.0 Å². The number of H-pyrrole nitrogens is 1. The Morgan fingerprint density at radius 1 is 1.22 bits per heavy atom. The number of aryl methyl sites for hydroxylation is 2. The van der Waals surface area contributed by atoms with Gasteiger partial charge in [0.2, 0.25) is 0 Å². The molecule has 18 heavy (non-hydrogen) atoms. The molecule has 2 aromatic rings. The van der Waals surface area contributed by atoms with Crippen molar-refractivity contribution in [1.29, 1.82) is 0 Å². The highest BCUT2D eigenvalue weighted by Crippen LogP contribution is 2.18. The molecule has 0 fully saturated rings. The summed E-state index contributed by atoms with van der Waals surface area (Å²) in [6.45, 7) is 4.01. The molecule has 0 bridgehead atoms. The number of carboxylic acid groups (broad SMARTS) is 1. The van der Waals surface area contributed by atoms with Gasteiger partial charge in [-0.05, 0) is 30.0 Å². The zero-order chi connectivity index (χ0) is 13.3. The van der Waals surface area contributed by atoms with Crippen LogP contribution < -0.4 is 5.43 Å². The molecule has 0 atom stereocenters. The molecule has 1 aromatic carbocycles. The van der Waals surface area contributed by atoms with Crippen molar-refractivity contribution >= 4 is 16.9 Å². The van der Waals surface area contributed by atoms with Crippen LogP contribution in [-0.2, 0) is 12.8 Å². The van der Waals surface area contributed by atoms with E-state index in [0.29, 0.717) is 10.9 Å². The van der Waals surface area contributed by atoms with Crippen LogP contribution in [0.3, 0.4) is 0 Å². The van der Waals surface area contributed by atoms with Gasteiger partial charge in [0.15, 0.2) is 5.43 Å². The number of fused-ring (bicyclic) bond motifs is 1. The van der Waals surface area contributed by atoms with E-state index < -0.39 is 5.97 Å². The first-order valence-electron chi connectivity index (χ1n) is 5.99. The first kappa shape index (κ1) is 12.4. The van der Waals surface area contributed by atoms with E-state index in [2.05, 4.69) is 4.98 Å². The number of rotatable bonds is 3. The van der Waals surface area contributed by atoms with Crippen LogP contribution in [0.2, 0.25) is 0 Å². The van der Waals surface area contributed by atoms with Crippen LogP contribution in [0.4, 0.5) is 0 Å². The first-order valence-corrected chi connectivity index (χ1v) is 5.99. The fourth-order valence-corrected chi connectivity index (χ4v) is 2.14. The van der Waals surface area contributed by atoms with E-state index in [9.17, 15) is 9.59 Å². The van der Waals surface area contributed by atoms with Crippen molar-refractivity contribution in [2.24, 2.45) is 0 Å². The van der Waals surface area contributed by atoms with E-state index in [0.717, 1.165) is 30.0 Å². The quantitative estimate of drug-likeness (QED) is 0.872. The number of benzene rings is 1. The number of carboxylic acids is 1. The maximum Gasteiger partial charge on any atom is 0.352 e. The van der Waals surface area contributed by atoms with Gasteiger partial charge in [-0.2, -0.15) is 0 Å².